The van der Waals surface area contributed by atoms with Crippen molar-refractivity contribution in [1.82, 2.24) is 4.90 Å². The van der Waals surface area contributed by atoms with E-state index >= 15 is 0 Å². The normalized spacial score (nSPS) is 21.6. The SMILES string of the molecule is CC(C)C1CCN(C(=O)c2ccc3c(c2)CCN3)C1. The zero-order valence-corrected chi connectivity index (χ0v) is 11.8. The molecule has 1 amide bonds. The van der Waals surface area contributed by atoms with E-state index in [4.69, 9.17) is 0 Å². The van der Waals surface area contributed by atoms with Crippen LogP contribution in [-0.2, 0) is 6.42 Å². The Morgan fingerprint density at radius 2 is 2.26 bits per heavy atom. The quantitative estimate of drug-likeness (QED) is 0.884. The van der Waals surface area contributed by atoms with E-state index in [1.54, 1.807) is 0 Å². The molecule has 0 radical (unpaired) electrons. The highest BCUT2D eigenvalue weighted by Crippen LogP contribution is 2.27. The monoisotopic (exact) mass is 258 g/mol. The summed E-state index contributed by atoms with van der Waals surface area (Å²) in [4.78, 5) is 14.5. The molecule has 0 bridgehead atoms. The number of amides is 1. The van der Waals surface area contributed by atoms with Gasteiger partial charge in [-0.2, -0.15) is 0 Å². The van der Waals surface area contributed by atoms with E-state index in [-0.39, 0.29) is 5.91 Å². The van der Waals surface area contributed by atoms with Crippen LogP contribution in [0.3, 0.4) is 0 Å². The first-order valence-electron chi connectivity index (χ1n) is 7.31. The molecule has 3 rings (SSSR count). The number of likely N-dealkylation sites (tertiary alicyclic amines) is 1. The van der Waals surface area contributed by atoms with Crippen LogP contribution in [0.25, 0.3) is 0 Å². The number of hydrogen-bond donors (Lipinski definition) is 1. The summed E-state index contributed by atoms with van der Waals surface area (Å²) >= 11 is 0. The molecule has 2 heterocycles. The Morgan fingerprint density at radius 1 is 1.42 bits per heavy atom. The van der Waals surface area contributed by atoms with Gasteiger partial charge >= 0.3 is 0 Å². The topological polar surface area (TPSA) is 32.3 Å². The molecule has 2 aliphatic heterocycles. The van der Waals surface area contributed by atoms with Crippen molar-refractivity contribution < 1.29 is 4.79 Å². The van der Waals surface area contributed by atoms with Gasteiger partial charge in [0.15, 0.2) is 0 Å². The molecule has 3 heteroatoms. The molecule has 2 aliphatic rings. The Kier molecular flexibility index (Phi) is 3.21. The van der Waals surface area contributed by atoms with Crippen molar-refractivity contribution in [2.45, 2.75) is 26.7 Å². The van der Waals surface area contributed by atoms with Crippen LogP contribution in [0, 0.1) is 11.8 Å². The molecule has 1 saturated heterocycles. The molecule has 19 heavy (non-hydrogen) atoms. The fourth-order valence-electron chi connectivity index (χ4n) is 3.14. The summed E-state index contributed by atoms with van der Waals surface area (Å²) in [5.74, 6) is 1.54. The Bertz CT molecular complexity index is 496. The standard InChI is InChI=1S/C16H22N2O/c1-11(2)14-6-8-18(10-14)16(19)13-3-4-15-12(9-13)5-7-17-15/h3-4,9,11,14,17H,5-8,10H2,1-2H3. The molecule has 0 spiro atoms. The second-order valence-electron chi connectivity index (χ2n) is 6.09. The molecular formula is C16H22N2O. The molecule has 1 N–H and O–H groups in total. The van der Waals surface area contributed by atoms with Crippen molar-refractivity contribution in [1.29, 1.82) is 0 Å². The summed E-state index contributed by atoms with van der Waals surface area (Å²) < 4.78 is 0. The molecule has 0 saturated carbocycles. The molecule has 102 valence electrons. The number of rotatable bonds is 2. The molecule has 0 aromatic heterocycles. The summed E-state index contributed by atoms with van der Waals surface area (Å²) in [5, 5.41) is 3.33. The minimum absolute atomic E-state index is 0.206. The minimum Gasteiger partial charge on any atom is -0.384 e. The number of fused-ring (bicyclic) bond motifs is 1. The maximum absolute atomic E-state index is 12.5. The van der Waals surface area contributed by atoms with E-state index in [9.17, 15) is 4.79 Å². The van der Waals surface area contributed by atoms with Crippen molar-refractivity contribution in [3.05, 3.63) is 29.3 Å². The summed E-state index contributed by atoms with van der Waals surface area (Å²) in [7, 11) is 0. The summed E-state index contributed by atoms with van der Waals surface area (Å²) in [6.07, 6.45) is 2.18. The first kappa shape index (κ1) is 12.5. The van der Waals surface area contributed by atoms with Gasteiger partial charge in [-0.25, -0.2) is 0 Å². The average Bonchev–Trinajstić information content (AvgIpc) is 3.06. The first-order valence-corrected chi connectivity index (χ1v) is 7.31. The largest absolute Gasteiger partial charge is 0.384 e. The highest BCUT2D eigenvalue weighted by atomic mass is 16.2. The van der Waals surface area contributed by atoms with Gasteiger partial charge in [-0.3, -0.25) is 4.79 Å². The van der Waals surface area contributed by atoms with Crippen molar-refractivity contribution in [2.24, 2.45) is 11.8 Å². The van der Waals surface area contributed by atoms with Crippen LogP contribution in [0.2, 0.25) is 0 Å². The fraction of sp³-hybridized carbons (Fsp3) is 0.562. The number of carbonyl (C=O) groups is 1. The smallest absolute Gasteiger partial charge is 0.253 e. The molecule has 0 aliphatic carbocycles. The van der Waals surface area contributed by atoms with E-state index in [0.717, 1.165) is 38.0 Å². The van der Waals surface area contributed by atoms with E-state index in [1.807, 2.05) is 17.0 Å². The van der Waals surface area contributed by atoms with Crippen molar-refractivity contribution in [3.63, 3.8) is 0 Å². The number of benzene rings is 1. The lowest BCUT2D eigenvalue weighted by Crippen LogP contribution is -2.29. The predicted molar refractivity (Wildman–Crippen MR) is 77.5 cm³/mol. The summed E-state index contributed by atoms with van der Waals surface area (Å²) in [6.45, 7) is 7.33. The van der Waals surface area contributed by atoms with Gasteiger partial charge in [0.1, 0.15) is 0 Å². The maximum atomic E-state index is 12.5. The third-order valence-corrected chi connectivity index (χ3v) is 4.52. The van der Waals surface area contributed by atoms with E-state index in [1.165, 1.54) is 11.3 Å². The third kappa shape index (κ3) is 2.34. The zero-order valence-electron chi connectivity index (χ0n) is 11.8. The Labute approximate surface area is 115 Å². The van der Waals surface area contributed by atoms with Crippen LogP contribution in [0.15, 0.2) is 18.2 Å². The van der Waals surface area contributed by atoms with Crippen molar-refractivity contribution in [3.8, 4) is 0 Å². The molecule has 3 nitrogen and oxygen atoms in total. The van der Waals surface area contributed by atoms with Crippen LogP contribution in [0.5, 0.6) is 0 Å². The highest BCUT2D eigenvalue weighted by Gasteiger charge is 2.29. The number of nitrogens with one attached hydrogen (secondary N) is 1. The van der Waals surface area contributed by atoms with Gasteiger partial charge in [-0.15, -0.1) is 0 Å². The summed E-state index contributed by atoms with van der Waals surface area (Å²) in [6, 6.07) is 6.08. The van der Waals surface area contributed by atoms with Crippen LogP contribution < -0.4 is 5.32 Å². The Balaban J connectivity index is 1.74. The highest BCUT2D eigenvalue weighted by molar-refractivity contribution is 5.95. The summed E-state index contributed by atoms with van der Waals surface area (Å²) in [5.41, 5.74) is 3.33. The van der Waals surface area contributed by atoms with Gasteiger partial charge in [0.2, 0.25) is 0 Å². The van der Waals surface area contributed by atoms with Crippen LogP contribution in [0.1, 0.15) is 36.2 Å². The Hall–Kier alpha value is -1.51. The second-order valence-corrected chi connectivity index (χ2v) is 6.09. The first-order chi connectivity index (χ1) is 9.15. The molecule has 1 fully saturated rings. The van der Waals surface area contributed by atoms with E-state index in [2.05, 4.69) is 25.2 Å². The third-order valence-electron chi connectivity index (χ3n) is 4.52. The lowest BCUT2D eigenvalue weighted by molar-refractivity contribution is 0.0784. The van der Waals surface area contributed by atoms with Crippen molar-refractivity contribution in [2.75, 3.05) is 25.0 Å². The van der Waals surface area contributed by atoms with Gasteiger partial charge in [-0.1, -0.05) is 13.8 Å². The maximum Gasteiger partial charge on any atom is 0.253 e. The fourth-order valence-corrected chi connectivity index (χ4v) is 3.14. The molecule has 1 unspecified atom stereocenters. The predicted octanol–water partition coefficient (Wildman–Crippen LogP) is 2.77. The minimum atomic E-state index is 0.206. The number of nitrogens with zero attached hydrogens (tertiary/aromatic N) is 1. The van der Waals surface area contributed by atoms with E-state index < -0.39 is 0 Å². The van der Waals surface area contributed by atoms with Gasteiger partial charge < -0.3 is 10.2 Å². The number of hydrogen-bond acceptors (Lipinski definition) is 2. The van der Waals surface area contributed by atoms with Crippen LogP contribution in [-0.4, -0.2) is 30.4 Å². The van der Waals surface area contributed by atoms with E-state index in [0.29, 0.717) is 11.8 Å². The molecule has 1 aromatic carbocycles. The lowest BCUT2D eigenvalue weighted by Gasteiger charge is -2.18. The van der Waals surface area contributed by atoms with Gasteiger partial charge in [0.25, 0.3) is 5.91 Å². The second kappa shape index (κ2) is 4.87. The van der Waals surface area contributed by atoms with Crippen molar-refractivity contribution >= 4 is 11.6 Å². The molecule has 1 aromatic rings. The average molecular weight is 258 g/mol. The molecule has 1 atom stereocenters. The van der Waals surface area contributed by atoms with Crippen LogP contribution >= 0.6 is 0 Å². The molecular weight excluding hydrogens is 236 g/mol. The van der Waals surface area contributed by atoms with Gasteiger partial charge in [-0.05, 0) is 48.4 Å². The number of anilines is 1. The van der Waals surface area contributed by atoms with Gasteiger partial charge in [0.05, 0.1) is 0 Å². The van der Waals surface area contributed by atoms with Gasteiger partial charge in [0, 0.05) is 30.9 Å². The van der Waals surface area contributed by atoms with Crippen LogP contribution in [0.4, 0.5) is 5.69 Å². The zero-order chi connectivity index (χ0) is 13.4. The number of carbonyl (C=O) groups excluding carboxylic acids is 1. The Morgan fingerprint density at radius 3 is 3.00 bits per heavy atom. The lowest BCUT2D eigenvalue weighted by atomic mass is 9.95.